The van der Waals surface area contributed by atoms with Crippen molar-refractivity contribution in [2.45, 2.75) is 19.8 Å². The van der Waals surface area contributed by atoms with Crippen molar-refractivity contribution in [1.82, 2.24) is 0 Å². The highest BCUT2D eigenvalue weighted by atomic mass is 19.3. The summed E-state index contributed by atoms with van der Waals surface area (Å²) in [7, 11) is 0. The zero-order valence-electron chi connectivity index (χ0n) is 7.16. The van der Waals surface area contributed by atoms with Gasteiger partial charge in [-0.2, -0.15) is 0 Å². The van der Waals surface area contributed by atoms with Crippen LogP contribution < -0.4 is 0 Å². The third-order valence-corrected chi connectivity index (χ3v) is 1.44. The van der Waals surface area contributed by atoms with Crippen molar-refractivity contribution in [2.75, 3.05) is 0 Å². The Morgan fingerprint density at radius 2 is 1.62 bits per heavy atom. The third kappa shape index (κ3) is 3.05. The summed E-state index contributed by atoms with van der Waals surface area (Å²) in [5, 5.41) is 0. The molecule has 0 aliphatic heterocycles. The van der Waals surface area contributed by atoms with Gasteiger partial charge in [0, 0.05) is 11.1 Å². The van der Waals surface area contributed by atoms with Gasteiger partial charge in [0.25, 0.3) is 12.9 Å². The van der Waals surface area contributed by atoms with E-state index in [0.29, 0.717) is 0 Å². The van der Waals surface area contributed by atoms with E-state index in [1.165, 1.54) is 6.92 Å². The predicted octanol–water partition coefficient (Wildman–Crippen LogP) is 3.58. The van der Waals surface area contributed by atoms with Gasteiger partial charge in [0.15, 0.2) is 0 Å². The maximum absolute atomic E-state index is 12.2. The summed E-state index contributed by atoms with van der Waals surface area (Å²) in [6, 6.07) is 0. The highest BCUT2D eigenvalue weighted by molar-refractivity contribution is 5.39. The zero-order valence-corrected chi connectivity index (χ0v) is 7.16. The van der Waals surface area contributed by atoms with E-state index in [1.807, 2.05) is 0 Å². The van der Waals surface area contributed by atoms with Gasteiger partial charge in [0.05, 0.1) is 0 Å². The van der Waals surface area contributed by atoms with E-state index in [0.717, 1.165) is 6.08 Å². The minimum atomic E-state index is -2.95. The van der Waals surface area contributed by atoms with Crippen LogP contribution >= 0.6 is 0 Å². The molecule has 0 aromatic carbocycles. The van der Waals surface area contributed by atoms with Gasteiger partial charge in [-0.05, 0) is 12.5 Å². The van der Waals surface area contributed by atoms with Crippen molar-refractivity contribution in [3.8, 4) is 0 Å². The standard InChI is InChI=1S/C9H10F4/c1-4-6(8(10)11)7(5(2)3)9(12)13/h4,8-9H,1-2H2,3H3/b7-6-. The number of allylic oxidation sites excluding steroid dienone is 4. The maximum Gasteiger partial charge on any atom is 0.264 e. The highest BCUT2D eigenvalue weighted by Gasteiger charge is 2.21. The quantitative estimate of drug-likeness (QED) is 0.474. The molecule has 0 aromatic heterocycles. The molecule has 0 bridgehead atoms. The van der Waals surface area contributed by atoms with Crippen molar-refractivity contribution in [1.29, 1.82) is 0 Å². The molecule has 0 saturated heterocycles. The second-order valence-corrected chi connectivity index (χ2v) is 2.45. The van der Waals surface area contributed by atoms with Gasteiger partial charge in [-0.15, -0.1) is 0 Å². The Morgan fingerprint density at radius 3 is 1.69 bits per heavy atom. The number of rotatable bonds is 4. The van der Waals surface area contributed by atoms with Crippen LogP contribution in [0, 0.1) is 0 Å². The number of hydrogen-bond acceptors (Lipinski definition) is 0. The van der Waals surface area contributed by atoms with E-state index in [4.69, 9.17) is 0 Å². The molecule has 13 heavy (non-hydrogen) atoms. The summed E-state index contributed by atoms with van der Waals surface area (Å²) < 4.78 is 48.8. The second kappa shape index (κ2) is 4.84. The van der Waals surface area contributed by atoms with Crippen LogP contribution in [0.3, 0.4) is 0 Å². The van der Waals surface area contributed by atoms with Crippen molar-refractivity contribution in [3.63, 3.8) is 0 Å². The molecule has 0 saturated carbocycles. The zero-order chi connectivity index (χ0) is 10.6. The van der Waals surface area contributed by atoms with Crippen LogP contribution in [-0.2, 0) is 0 Å². The van der Waals surface area contributed by atoms with Gasteiger partial charge >= 0.3 is 0 Å². The largest absolute Gasteiger partial charge is 0.264 e. The molecule has 0 amide bonds. The van der Waals surface area contributed by atoms with Gasteiger partial charge in [-0.25, -0.2) is 17.6 Å². The van der Waals surface area contributed by atoms with Crippen LogP contribution in [0.25, 0.3) is 0 Å². The molecule has 0 heterocycles. The third-order valence-electron chi connectivity index (χ3n) is 1.44. The lowest BCUT2D eigenvalue weighted by Gasteiger charge is -2.10. The average molecular weight is 194 g/mol. The van der Waals surface area contributed by atoms with Crippen LogP contribution in [0.2, 0.25) is 0 Å². The highest BCUT2D eigenvalue weighted by Crippen LogP contribution is 2.25. The van der Waals surface area contributed by atoms with E-state index < -0.39 is 24.0 Å². The van der Waals surface area contributed by atoms with E-state index in [-0.39, 0.29) is 5.57 Å². The molecule has 0 rings (SSSR count). The Bertz CT molecular complexity index is 238. The summed E-state index contributed by atoms with van der Waals surface area (Å²) in [6.07, 6.45) is -5.15. The van der Waals surface area contributed by atoms with Gasteiger partial charge in [0.1, 0.15) is 0 Å². The summed E-state index contributed by atoms with van der Waals surface area (Å²) >= 11 is 0. The molecular formula is C9H10F4. The van der Waals surface area contributed by atoms with E-state index >= 15 is 0 Å². The molecule has 0 aliphatic carbocycles. The fraction of sp³-hybridized carbons (Fsp3) is 0.333. The second-order valence-electron chi connectivity index (χ2n) is 2.45. The predicted molar refractivity (Wildman–Crippen MR) is 44.0 cm³/mol. The first-order valence-electron chi connectivity index (χ1n) is 3.50. The molecule has 0 N–H and O–H groups in total. The minimum Gasteiger partial charge on any atom is -0.205 e. The van der Waals surface area contributed by atoms with Crippen LogP contribution in [-0.4, -0.2) is 12.9 Å². The number of alkyl halides is 4. The molecule has 0 radical (unpaired) electrons. The van der Waals surface area contributed by atoms with Gasteiger partial charge in [-0.1, -0.05) is 19.2 Å². The molecule has 0 fully saturated rings. The van der Waals surface area contributed by atoms with E-state index in [2.05, 4.69) is 13.2 Å². The molecular weight excluding hydrogens is 184 g/mol. The lowest BCUT2D eigenvalue weighted by Crippen LogP contribution is -2.07. The lowest BCUT2D eigenvalue weighted by molar-refractivity contribution is 0.169. The molecule has 0 nitrogen and oxygen atoms in total. The molecule has 0 unspecified atom stereocenters. The fourth-order valence-electron chi connectivity index (χ4n) is 0.875. The average Bonchev–Trinajstić information content (AvgIpc) is 1.97. The first-order valence-corrected chi connectivity index (χ1v) is 3.50. The van der Waals surface area contributed by atoms with Crippen LogP contribution in [0.4, 0.5) is 17.6 Å². The Labute approximate surface area is 74.3 Å². The van der Waals surface area contributed by atoms with Crippen molar-refractivity contribution < 1.29 is 17.6 Å². The van der Waals surface area contributed by atoms with Gasteiger partial charge < -0.3 is 0 Å². The Kier molecular flexibility index (Phi) is 4.45. The molecule has 0 aliphatic rings. The van der Waals surface area contributed by atoms with Crippen LogP contribution in [0.5, 0.6) is 0 Å². The smallest absolute Gasteiger partial charge is 0.205 e. The van der Waals surface area contributed by atoms with Crippen LogP contribution in [0.15, 0.2) is 36.0 Å². The Balaban J connectivity index is 5.26. The van der Waals surface area contributed by atoms with E-state index in [9.17, 15) is 17.6 Å². The van der Waals surface area contributed by atoms with Gasteiger partial charge in [-0.3, -0.25) is 0 Å². The summed E-state index contributed by atoms with van der Waals surface area (Å²) in [6.45, 7) is 7.52. The van der Waals surface area contributed by atoms with Crippen molar-refractivity contribution >= 4 is 0 Å². The lowest BCUT2D eigenvalue weighted by atomic mass is 10.0. The van der Waals surface area contributed by atoms with E-state index in [1.54, 1.807) is 0 Å². The number of hydrogen-bond donors (Lipinski definition) is 0. The Morgan fingerprint density at radius 1 is 1.15 bits per heavy atom. The molecule has 0 atom stereocenters. The summed E-state index contributed by atoms with van der Waals surface area (Å²) in [4.78, 5) is 0. The van der Waals surface area contributed by atoms with Gasteiger partial charge in [0.2, 0.25) is 0 Å². The molecule has 74 valence electrons. The van der Waals surface area contributed by atoms with Crippen molar-refractivity contribution in [3.05, 3.63) is 36.0 Å². The normalized spacial score (nSPS) is 13.2. The first kappa shape index (κ1) is 11.9. The topological polar surface area (TPSA) is 0 Å². The minimum absolute atomic E-state index is 0.0646. The van der Waals surface area contributed by atoms with Crippen molar-refractivity contribution in [2.24, 2.45) is 0 Å². The molecule has 0 spiro atoms. The summed E-state index contributed by atoms with van der Waals surface area (Å²) in [5.41, 5.74) is -1.53. The first-order chi connectivity index (χ1) is 5.91. The SMILES string of the molecule is C=C/C(=C(\C(=C)C)C(F)F)C(F)F. The molecule has 0 aromatic rings. The Hall–Kier alpha value is -1.06. The van der Waals surface area contributed by atoms with Crippen LogP contribution in [0.1, 0.15) is 6.92 Å². The molecule has 4 heteroatoms. The summed E-state index contributed by atoms with van der Waals surface area (Å²) in [5.74, 6) is 0. The maximum atomic E-state index is 12.2. The monoisotopic (exact) mass is 194 g/mol. The fourth-order valence-corrected chi connectivity index (χ4v) is 0.875. The number of halogens is 4.